The van der Waals surface area contributed by atoms with Gasteiger partial charge in [0.25, 0.3) is 0 Å². The van der Waals surface area contributed by atoms with Crippen LogP contribution in [0, 0.1) is 20.8 Å². The number of ketones is 1. The highest BCUT2D eigenvalue weighted by molar-refractivity contribution is 5.81. The highest BCUT2D eigenvalue weighted by Gasteiger charge is 2.14. The first-order chi connectivity index (χ1) is 4.09. The first kappa shape index (κ1) is 16.9. The molecule has 2 heteroatoms. The predicted molar refractivity (Wildman–Crippen MR) is 51.2 cm³/mol. The van der Waals surface area contributed by atoms with Crippen LogP contribution in [0.1, 0.15) is 20.8 Å². The lowest BCUT2D eigenvalue weighted by atomic mass is 10.0. The standard InChI is InChI=1S/C7H15NO.2CH3/c1-5(2)7(8-4)6(3)9;;/h5,7-8H,1-4H3;2*1H3/q;2*-1. The third-order valence-electron chi connectivity index (χ3n) is 1.42. The fourth-order valence-electron chi connectivity index (χ4n) is 1.01. The Balaban J connectivity index is -0.000000320. The maximum absolute atomic E-state index is 10.8. The molecule has 0 aliphatic heterocycles. The summed E-state index contributed by atoms with van der Waals surface area (Å²) in [4.78, 5) is 10.8. The third kappa shape index (κ3) is 6.05. The van der Waals surface area contributed by atoms with Gasteiger partial charge in [0.1, 0.15) is 5.78 Å². The van der Waals surface area contributed by atoms with E-state index in [1.165, 1.54) is 0 Å². The SMILES string of the molecule is CNC(C(C)=O)C(C)C.[CH3-].[CH3-]. The maximum atomic E-state index is 10.8. The predicted octanol–water partition coefficient (Wildman–Crippen LogP) is 1.72. The monoisotopic (exact) mass is 159 g/mol. The number of carbonyl (C=O) groups is 1. The van der Waals surface area contributed by atoms with Crippen LogP contribution >= 0.6 is 0 Å². The molecule has 2 nitrogen and oxygen atoms in total. The normalized spacial score (nSPS) is 11.4. The fraction of sp³-hybridized carbons (Fsp3) is 0.667. The van der Waals surface area contributed by atoms with E-state index in [1.807, 2.05) is 20.9 Å². The van der Waals surface area contributed by atoms with Crippen molar-refractivity contribution in [2.24, 2.45) is 5.92 Å². The maximum Gasteiger partial charge on any atom is 0.146 e. The molecule has 0 fully saturated rings. The average Bonchev–Trinajstić information content (AvgIpc) is 1.64. The Hall–Kier alpha value is -0.370. The molecule has 1 atom stereocenters. The van der Waals surface area contributed by atoms with Crippen LogP contribution in [-0.2, 0) is 4.79 Å². The number of rotatable bonds is 3. The third-order valence-corrected chi connectivity index (χ3v) is 1.42. The van der Waals surface area contributed by atoms with Crippen molar-refractivity contribution in [3.8, 4) is 0 Å². The van der Waals surface area contributed by atoms with Crippen LogP contribution in [0.2, 0.25) is 0 Å². The van der Waals surface area contributed by atoms with Crippen LogP contribution in [0.15, 0.2) is 0 Å². The second-order valence-corrected chi connectivity index (χ2v) is 2.62. The number of Topliss-reactive ketones (excluding diaryl/α,β-unsaturated/α-hetero) is 1. The van der Waals surface area contributed by atoms with Crippen LogP contribution < -0.4 is 5.32 Å². The van der Waals surface area contributed by atoms with E-state index in [1.54, 1.807) is 6.92 Å². The molecule has 0 aromatic rings. The molecule has 1 N–H and O–H groups in total. The van der Waals surface area contributed by atoms with Gasteiger partial charge in [0.2, 0.25) is 0 Å². The highest BCUT2D eigenvalue weighted by atomic mass is 16.1. The van der Waals surface area contributed by atoms with E-state index >= 15 is 0 Å². The van der Waals surface area contributed by atoms with E-state index in [0.717, 1.165) is 0 Å². The van der Waals surface area contributed by atoms with Crippen LogP contribution in [0.25, 0.3) is 0 Å². The van der Waals surface area contributed by atoms with E-state index in [-0.39, 0.29) is 26.7 Å². The molecule has 0 radical (unpaired) electrons. The fourth-order valence-corrected chi connectivity index (χ4v) is 1.01. The number of hydrogen-bond acceptors (Lipinski definition) is 2. The van der Waals surface area contributed by atoms with Gasteiger partial charge in [0.15, 0.2) is 0 Å². The summed E-state index contributed by atoms with van der Waals surface area (Å²) in [6, 6.07) is 0.0324. The smallest absolute Gasteiger partial charge is 0.146 e. The summed E-state index contributed by atoms with van der Waals surface area (Å²) in [6.45, 7) is 5.67. The van der Waals surface area contributed by atoms with Gasteiger partial charge >= 0.3 is 0 Å². The molecule has 0 heterocycles. The Labute approximate surface area is 71.4 Å². The van der Waals surface area contributed by atoms with Crippen LogP contribution in [-0.4, -0.2) is 18.9 Å². The first-order valence-electron chi connectivity index (χ1n) is 3.27. The van der Waals surface area contributed by atoms with Crippen molar-refractivity contribution in [1.82, 2.24) is 5.32 Å². The molecular weight excluding hydrogens is 138 g/mol. The molecular formula is C9H21NO-2. The van der Waals surface area contributed by atoms with E-state index in [4.69, 9.17) is 0 Å². The van der Waals surface area contributed by atoms with Crippen LogP contribution in [0.5, 0.6) is 0 Å². The molecule has 0 aliphatic rings. The zero-order chi connectivity index (χ0) is 7.44. The summed E-state index contributed by atoms with van der Waals surface area (Å²) in [5, 5.41) is 2.95. The quantitative estimate of drug-likeness (QED) is 0.635. The summed E-state index contributed by atoms with van der Waals surface area (Å²) >= 11 is 0. The molecule has 0 bridgehead atoms. The molecule has 0 amide bonds. The van der Waals surface area contributed by atoms with Gasteiger partial charge in [-0.15, -0.1) is 0 Å². The molecule has 0 rings (SSSR count). The van der Waals surface area contributed by atoms with E-state index < -0.39 is 0 Å². The number of carbonyl (C=O) groups excluding carboxylic acids is 1. The zero-order valence-electron chi connectivity index (χ0n) is 8.56. The molecule has 0 aromatic heterocycles. The lowest BCUT2D eigenvalue weighted by Crippen LogP contribution is -2.36. The minimum absolute atomic E-state index is 0. The second-order valence-electron chi connectivity index (χ2n) is 2.62. The molecule has 0 spiro atoms. The van der Waals surface area contributed by atoms with E-state index in [9.17, 15) is 4.79 Å². The zero-order valence-corrected chi connectivity index (χ0v) is 8.56. The van der Waals surface area contributed by atoms with Gasteiger partial charge in [-0.2, -0.15) is 0 Å². The van der Waals surface area contributed by atoms with Gasteiger partial charge in [-0.3, -0.25) is 4.79 Å². The summed E-state index contributed by atoms with van der Waals surface area (Å²) in [7, 11) is 1.81. The molecule has 0 saturated heterocycles. The molecule has 11 heavy (non-hydrogen) atoms. The van der Waals surface area contributed by atoms with E-state index in [0.29, 0.717) is 5.92 Å². The van der Waals surface area contributed by atoms with Gasteiger partial charge in [0.05, 0.1) is 6.04 Å². The van der Waals surface area contributed by atoms with Gasteiger partial charge < -0.3 is 20.2 Å². The van der Waals surface area contributed by atoms with Crippen molar-refractivity contribution in [3.05, 3.63) is 14.9 Å². The Morgan fingerprint density at radius 1 is 1.27 bits per heavy atom. The number of hydrogen-bond donors (Lipinski definition) is 1. The summed E-state index contributed by atoms with van der Waals surface area (Å²) in [5.74, 6) is 0.611. The summed E-state index contributed by atoms with van der Waals surface area (Å²) < 4.78 is 0. The molecule has 0 aromatic carbocycles. The van der Waals surface area contributed by atoms with Crippen molar-refractivity contribution in [3.63, 3.8) is 0 Å². The Bertz CT molecular complexity index is 99.7. The van der Waals surface area contributed by atoms with Crippen molar-refractivity contribution in [1.29, 1.82) is 0 Å². The lowest BCUT2D eigenvalue weighted by molar-refractivity contribution is -0.119. The molecule has 0 aliphatic carbocycles. The molecule has 70 valence electrons. The lowest BCUT2D eigenvalue weighted by Gasteiger charge is -2.15. The topological polar surface area (TPSA) is 29.1 Å². The van der Waals surface area contributed by atoms with Crippen molar-refractivity contribution in [2.75, 3.05) is 7.05 Å². The van der Waals surface area contributed by atoms with E-state index in [2.05, 4.69) is 5.32 Å². The van der Waals surface area contributed by atoms with Crippen LogP contribution in [0.4, 0.5) is 0 Å². The van der Waals surface area contributed by atoms with Crippen molar-refractivity contribution >= 4 is 5.78 Å². The van der Waals surface area contributed by atoms with Gasteiger partial charge in [-0.1, -0.05) is 13.8 Å². The van der Waals surface area contributed by atoms with Crippen molar-refractivity contribution < 1.29 is 4.79 Å². The second kappa shape index (κ2) is 7.73. The Kier molecular flexibility index (Phi) is 11.9. The Morgan fingerprint density at radius 3 is 1.64 bits per heavy atom. The van der Waals surface area contributed by atoms with Gasteiger partial charge in [-0.05, 0) is 19.9 Å². The number of nitrogens with one attached hydrogen (secondary N) is 1. The van der Waals surface area contributed by atoms with Crippen molar-refractivity contribution in [2.45, 2.75) is 26.8 Å². The summed E-state index contributed by atoms with van der Waals surface area (Å²) in [6.07, 6.45) is 0. The average molecular weight is 159 g/mol. The summed E-state index contributed by atoms with van der Waals surface area (Å²) in [5.41, 5.74) is 0. The van der Waals surface area contributed by atoms with Gasteiger partial charge in [-0.25, -0.2) is 0 Å². The highest BCUT2D eigenvalue weighted by Crippen LogP contribution is 2.00. The molecule has 1 unspecified atom stereocenters. The first-order valence-corrected chi connectivity index (χ1v) is 3.27. The number of likely N-dealkylation sites (N-methyl/N-ethyl adjacent to an activating group) is 1. The van der Waals surface area contributed by atoms with Gasteiger partial charge in [0, 0.05) is 0 Å². The van der Waals surface area contributed by atoms with Crippen LogP contribution in [0.3, 0.4) is 0 Å². The minimum Gasteiger partial charge on any atom is -0.358 e. The Morgan fingerprint density at radius 2 is 1.64 bits per heavy atom. The largest absolute Gasteiger partial charge is 0.358 e. The molecule has 0 saturated carbocycles. The minimum atomic E-state index is 0.